The van der Waals surface area contributed by atoms with Crippen molar-refractivity contribution in [3.63, 3.8) is 0 Å². The average Bonchev–Trinajstić information content (AvgIpc) is 2.97. The van der Waals surface area contributed by atoms with Crippen LogP contribution < -0.4 is 4.74 Å². The van der Waals surface area contributed by atoms with Crippen molar-refractivity contribution >= 4 is 34.5 Å². The SMILES string of the molecule is COC(=O)C1=C(O)/C(=C\c2ccc(OC)cc2)SC1=Nc1ccccc1. The number of aliphatic hydroxyl groups excluding tert-OH is 1. The van der Waals surface area contributed by atoms with Crippen LogP contribution in [-0.2, 0) is 9.53 Å². The van der Waals surface area contributed by atoms with Gasteiger partial charge in [0, 0.05) is 0 Å². The Labute approximate surface area is 155 Å². The zero-order valence-electron chi connectivity index (χ0n) is 14.3. The Balaban J connectivity index is 2.00. The molecule has 0 saturated carbocycles. The highest BCUT2D eigenvalue weighted by Gasteiger charge is 2.32. The fraction of sp³-hybridized carbons (Fsp3) is 0.100. The molecular formula is C20H17NO4S. The summed E-state index contributed by atoms with van der Waals surface area (Å²) >= 11 is 1.23. The number of methoxy groups -OCH3 is 2. The van der Waals surface area contributed by atoms with Gasteiger partial charge in [0.1, 0.15) is 22.1 Å². The molecule has 1 N–H and O–H groups in total. The smallest absolute Gasteiger partial charge is 0.344 e. The molecule has 6 heteroatoms. The van der Waals surface area contributed by atoms with Gasteiger partial charge in [0.05, 0.1) is 24.8 Å². The zero-order chi connectivity index (χ0) is 18.5. The maximum Gasteiger partial charge on any atom is 0.344 e. The third-order valence-corrected chi connectivity index (χ3v) is 4.70. The minimum atomic E-state index is -0.622. The van der Waals surface area contributed by atoms with Gasteiger partial charge in [-0.15, -0.1) is 0 Å². The van der Waals surface area contributed by atoms with Crippen molar-refractivity contribution < 1.29 is 19.4 Å². The second kappa shape index (κ2) is 7.93. The number of hydrogen-bond donors (Lipinski definition) is 1. The Morgan fingerprint density at radius 3 is 2.38 bits per heavy atom. The molecule has 0 unspecified atom stereocenters. The summed E-state index contributed by atoms with van der Waals surface area (Å²) < 4.78 is 9.95. The summed E-state index contributed by atoms with van der Waals surface area (Å²) in [6.07, 6.45) is 1.79. The maximum absolute atomic E-state index is 12.1. The van der Waals surface area contributed by atoms with Crippen LogP contribution in [0, 0.1) is 0 Å². The average molecular weight is 367 g/mol. The highest BCUT2D eigenvalue weighted by atomic mass is 32.2. The number of esters is 1. The van der Waals surface area contributed by atoms with E-state index >= 15 is 0 Å². The second-order valence-corrected chi connectivity index (χ2v) is 6.38. The van der Waals surface area contributed by atoms with E-state index in [-0.39, 0.29) is 11.3 Å². The predicted octanol–water partition coefficient (Wildman–Crippen LogP) is 4.50. The topological polar surface area (TPSA) is 68.1 Å². The van der Waals surface area contributed by atoms with E-state index in [0.717, 1.165) is 11.3 Å². The Bertz CT molecular complexity index is 899. The molecular weight excluding hydrogens is 350 g/mol. The van der Waals surface area contributed by atoms with Crippen LogP contribution in [0.5, 0.6) is 5.75 Å². The number of para-hydroxylation sites is 1. The van der Waals surface area contributed by atoms with E-state index in [9.17, 15) is 9.90 Å². The molecule has 2 aromatic rings. The van der Waals surface area contributed by atoms with E-state index in [1.807, 2.05) is 54.6 Å². The molecule has 0 amide bonds. The van der Waals surface area contributed by atoms with Gasteiger partial charge in [-0.25, -0.2) is 9.79 Å². The van der Waals surface area contributed by atoms with Crippen LogP contribution in [0.3, 0.4) is 0 Å². The number of benzene rings is 2. The standard InChI is InChI=1S/C20H17NO4S/c1-24-15-10-8-13(9-11-15)12-16-18(22)17(20(23)25-2)19(26-16)21-14-6-4-3-5-7-14/h3-12,22H,1-2H3/b16-12+,21-19?. The van der Waals surface area contributed by atoms with E-state index in [2.05, 4.69) is 4.99 Å². The first kappa shape index (κ1) is 17.8. The summed E-state index contributed by atoms with van der Waals surface area (Å²) in [6, 6.07) is 16.6. The molecule has 0 atom stereocenters. The summed E-state index contributed by atoms with van der Waals surface area (Å²) in [5.41, 5.74) is 1.63. The quantitative estimate of drug-likeness (QED) is 0.806. The first-order chi connectivity index (χ1) is 12.6. The van der Waals surface area contributed by atoms with Gasteiger partial charge in [0.2, 0.25) is 0 Å². The van der Waals surface area contributed by atoms with E-state index < -0.39 is 5.97 Å². The lowest BCUT2D eigenvalue weighted by atomic mass is 10.1. The van der Waals surface area contributed by atoms with Gasteiger partial charge in [-0.2, -0.15) is 0 Å². The molecule has 5 nitrogen and oxygen atoms in total. The lowest BCUT2D eigenvalue weighted by molar-refractivity contribution is -0.135. The molecule has 3 rings (SSSR count). The Morgan fingerprint density at radius 1 is 1.08 bits per heavy atom. The monoisotopic (exact) mass is 367 g/mol. The highest BCUT2D eigenvalue weighted by molar-refractivity contribution is 8.18. The van der Waals surface area contributed by atoms with Crippen LogP contribution in [0.1, 0.15) is 5.56 Å². The van der Waals surface area contributed by atoms with Crippen molar-refractivity contribution in [2.45, 2.75) is 0 Å². The molecule has 0 radical (unpaired) electrons. The molecule has 26 heavy (non-hydrogen) atoms. The van der Waals surface area contributed by atoms with Gasteiger partial charge in [-0.3, -0.25) is 0 Å². The molecule has 2 aromatic carbocycles. The van der Waals surface area contributed by atoms with Gasteiger partial charge < -0.3 is 14.6 Å². The fourth-order valence-electron chi connectivity index (χ4n) is 2.36. The summed E-state index contributed by atoms with van der Waals surface area (Å²) in [4.78, 5) is 17.1. The van der Waals surface area contributed by atoms with Crippen LogP contribution in [0.4, 0.5) is 5.69 Å². The molecule has 0 aromatic heterocycles. The number of nitrogens with zero attached hydrogens (tertiary/aromatic N) is 1. The third-order valence-electron chi connectivity index (χ3n) is 3.68. The van der Waals surface area contributed by atoms with Crippen LogP contribution >= 0.6 is 11.8 Å². The van der Waals surface area contributed by atoms with Crippen molar-refractivity contribution in [1.29, 1.82) is 0 Å². The number of ether oxygens (including phenoxy) is 2. The van der Waals surface area contributed by atoms with Crippen molar-refractivity contribution in [2.75, 3.05) is 14.2 Å². The van der Waals surface area contributed by atoms with Gasteiger partial charge in [-0.1, -0.05) is 42.1 Å². The van der Waals surface area contributed by atoms with E-state index in [1.54, 1.807) is 13.2 Å². The normalized spacial score (nSPS) is 17.0. The van der Waals surface area contributed by atoms with Gasteiger partial charge in [-0.05, 0) is 35.9 Å². The molecule has 0 saturated heterocycles. The number of hydrogen-bond acceptors (Lipinski definition) is 6. The Hall–Kier alpha value is -2.99. The predicted molar refractivity (Wildman–Crippen MR) is 104 cm³/mol. The van der Waals surface area contributed by atoms with Crippen molar-refractivity contribution in [3.8, 4) is 5.75 Å². The number of aliphatic imine (C=N–C) groups is 1. The van der Waals surface area contributed by atoms with Crippen molar-refractivity contribution in [3.05, 3.63) is 76.4 Å². The largest absolute Gasteiger partial charge is 0.506 e. The molecule has 1 heterocycles. The van der Waals surface area contributed by atoms with Crippen LogP contribution in [-0.4, -0.2) is 30.3 Å². The maximum atomic E-state index is 12.1. The number of rotatable bonds is 4. The lowest BCUT2D eigenvalue weighted by Crippen LogP contribution is -2.10. The molecule has 0 spiro atoms. The van der Waals surface area contributed by atoms with Crippen LogP contribution in [0.15, 0.2) is 75.8 Å². The van der Waals surface area contributed by atoms with E-state index in [4.69, 9.17) is 9.47 Å². The fourth-order valence-corrected chi connectivity index (χ4v) is 3.40. The van der Waals surface area contributed by atoms with Gasteiger partial charge >= 0.3 is 5.97 Å². The minimum Gasteiger partial charge on any atom is -0.506 e. The molecule has 0 bridgehead atoms. The molecule has 0 aliphatic carbocycles. The summed E-state index contributed by atoms with van der Waals surface area (Å²) in [5.74, 6) is -0.0114. The van der Waals surface area contributed by atoms with Crippen LogP contribution in [0.25, 0.3) is 6.08 Å². The summed E-state index contributed by atoms with van der Waals surface area (Å²) in [7, 11) is 2.88. The summed E-state index contributed by atoms with van der Waals surface area (Å²) in [6.45, 7) is 0. The van der Waals surface area contributed by atoms with Crippen molar-refractivity contribution in [2.24, 2.45) is 4.99 Å². The first-order valence-corrected chi connectivity index (χ1v) is 8.63. The third kappa shape index (κ3) is 3.81. The number of carbonyl (C=O) groups is 1. The minimum absolute atomic E-state index is 0.0705. The number of carbonyl (C=O) groups excluding carboxylic acids is 1. The Kier molecular flexibility index (Phi) is 5.43. The molecule has 1 aliphatic rings. The van der Waals surface area contributed by atoms with Crippen LogP contribution in [0.2, 0.25) is 0 Å². The summed E-state index contributed by atoms with van der Waals surface area (Å²) in [5, 5.41) is 10.9. The number of thioether (sulfide) groups is 1. The van der Waals surface area contributed by atoms with Gasteiger partial charge in [0.25, 0.3) is 0 Å². The molecule has 0 fully saturated rings. The molecule has 132 valence electrons. The van der Waals surface area contributed by atoms with Gasteiger partial charge in [0.15, 0.2) is 0 Å². The zero-order valence-corrected chi connectivity index (χ0v) is 15.1. The Morgan fingerprint density at radius 2 is 1.77 bits per heavy atom. The van der Waals surface area contributed by atoms with E-state index in [0.29, 0.717) is 15.6 Å². The first-order valence-electron chi connectivity index (χ1n) is 7.82. The number of aliphatic hydroxyl groups is 1. The highest BCUT2D eigenvalue weighted by Crippen LogP contribution is 2.40. The van der Waals surface area contributed by atoms with Crippen molar-refractivity contribution in [1.82, 2.24) is 0 Å². The lowest BCUT2D eigenvalue weighted by Gasteiger charge is -2.01. The second-order valence-electron chi connectivity index (χ2n) is 5.35. The molecule has 1 aliphatic heterocycles. The van der Waals surface area contributed by atoms with E-state index in [1.165, 1.54) is 18.9 Å².